The van der Waals surface area contributed by atoms with E-state index >= 15 is 0 Å². The second-order valence-corrected chi connectivity index (χ2v) is 4.99. The molecule has 0 amide bonds. The predicted molar refractivity (Wildman–Crippen MR) is 74.9 cm³/mol. The van der Waals surface area contributed by atoms with Crippen LogP contribution in [0, 0.1) is 17.6 Å². The highest BCUT2D eigenvalue weighted by molar-refractivity contribution is 5.70. The van der Waals surface area contributed by atoms with Crippen LogP contribution in [0.3, 0.4) is 0 Å². The Labute approximate surface area is 118 Å². The first-order valence-corrected chi connectivity index (χ1v) is 6.88. The lowest BCUT2D eigenvalue weighted by Gasteiger charge is -2.27. The molecule has 0 aliphatic carbocycles. The Morgan fingerprint density at radius 3 is 2.65 bits per heavy atom. The Morgan fingerprint density at radius 1 is 1.35 bits per heavy atom. The first-order chi connectivity index (χ1) is 9.45. The number of carbonyl (C=O) groups is 1. The molecule has 0 aromatic heterocycles. The van der Waals surface area contributed by atoms with E-state index < -0.39 is 23.5 Å². The smallest absolute Gasteiger partial charge is 0.308 e. The normalized spacial score (nSPS) is 12.2. The molecule has 0 spiro atoms. The minimum atomic E-state index is -0.942. The lowest BCUT2D eigenvalue weighted by molar-refractivity contribution is -0.140. The van der Waals surface area contributed by atoms with Crippen molar-refractivity contribution >= 4 is 11.7 Å². The highest BCUT2D eigenvalue weighted by atomic mass is 19.1. The van der Waals surface area contributed by atoms with Crippen LogP contribution in [0.5, 0.6) is 0 Å². The van der Waals surface area contributed by atoms with Gasteiger partial charge >= 0.3 is 5.97 Å². The van der Waals surface area contributed by atoms with Crippen molar-refractivity contribution in [2.75, 3.05) is 18.0 Å². The number of carboxylic acid groups (broad SMARTS) is 1. The number of carboxylic acids is 1. The van der Waals surface area contributed by atoms with Crippen LogP contribution in [-0.2, 0) is 4.79 Å². The van der Waals surface area contributed by atoms with Gasteiger partial charge in [-0.25, -0.2) is 8.78 Å². The molecule has 0 bridgehead atoms. The van der Waals surface area contributed by atoms with Gasteiger partial charge in [0.05, 0.1) is 11.6 Å². The zero-order chi connectivity index (χ0) is 15.1. The predicted octanol–water partition coefficient (Wildman–Crippen LogP) is 3.68. The Morgan fingerprint density at radius 2 is 2.05 bits per heavy atom. The summed E-state index contributed by atoms with van der Waals surface area (Å²) in [6.45, 7) is 4.30. The van der Waals surface area contributed by atoms with E-state index in [1.807, 2.05) is 6.92 Å². The van der Waals surface area contributed by atoms with Gasteiger partial charge in [0, 0.05) is 19.2 Å². The zero-order valence-electron chi connectivity index (χ0n) is 11.9. The Kier molecular flexibility index (Phi) is 6.42. The third-order valence-corrected chi connectivity index (χ3v) is 3.20. The van der Waals surface area contributed by atoms with Crippen LogP contribution in [0.25, 0.3) is 0 Å². The number of nitrogens with zero attached hydrogens (tertiary/aromatic N) is 1. The number of rotatable bonds is 8. The van der Waals surface area contributed by atoms with Crippen LogP contribution in [0.1, 0.15) is 33.1 Å². The summed E-state index contributed by atoms with van der Waals surface area (Å²) < 4.78 is 27.1. The Hall–Kier alpha value is -1.65. The van der Waals surface area contributed by atoms with Gasteiger partial charge in [-0.15, -0.1) is 0 Å². The topological polar surface area (TPSA) is 40.5 Å². The molecular weight excluding hydrogens is 264 g/mol. The maximum atomic E-state index is 13.8. The van der Waals surface area contributed by atoms with E-state index in [9.17, 15) is 13.6 Å². The lowest BCUT2D eigenvalue weighted by atomic mass is 10.1. The van der Waals surface area contributed by atoms with Gasteiger partial charge in [0.1, 0.15) is 11.6 Å². The molecule has 1 unspecified atom stereocenters. The van der Waals surface area contributed by atoms with Crippen molar-refractivity contribution in [1.82, 2.24) is 0 Å². The minimum Gasteiger partial charge on any atom is -0.481 e. The number of hydrogen-bond acceptors (Lipinski definition) is 2. The summed E-state index contributed by atoms with van der Waals surface area (Å²) in [5.74, 6) is -2.63. The number of hydrogen-bond donors (Lipinski definition) is 1. The number of unbranched alkanes of at least 4 members (excludes halogenated alkanes) is 2. The highest BCUT2D eigenvalue weighted by Crippen LogP contribution is 2.22. The number of halogens is 2. The van der Waals surface area contributed by atoms with Crippen LogP contribution in [0.2, 0.25) is 0 Å². The monoisotopic (exact) mass is 285 g/mol. The van der Waals surface area contributed by atoms with Crippen molar-refractivity contribution in [3.63, 3.8) is 0 Å². The van der Waals surface area contributed by atoms with Crippen molar-refractivity contribution < 1.29 is 18.7 Å². The van der Waals surface area contributed by atoms with Crippen LogP contribution < -0.4 is 4.90 Å². The van der Waals surface area contributed by atoms with Crippen molar-refractivity contribution in [2.45, 2.75) is 33.1 Å². The molecular formula is C15H21F2NO2. The molecule has 3 nitrogen and oxygen atoms in total. The average molecular weight is 285 g/mol. The second-order valence-electron chi connectivity index (χ2n) is 4.99. The molecule has 1 atom stereocenters. The van der Waals surface area contributed by atoms with E-state index in [1.165, 1.54) is 0 Å². The second kappa shape index (κ2) is 7.82. The van der Waals surface area contributed by atoms with Crippen LogP contribution >= 0.6 is 0 Å². The summed E-state index contributed by atoms with van der Waals surface area (Å²) in [7, 11) is 0. The number of aliphatic carboxylic acids is 1. The molecule has 0 saturated heterocycles. The molecule has 1 aromatic rings. The lowest BCUT2D eigenvalue weighted by Crippen LogP contribution is -2.33. The summed E-state index contributed by atoms with van der Waals surface area (Å²) in [4.78, 5) is 12.6. The molecule has 0 saturated carbocycles. The summed E-state index contributed by atoms with van der Waals surface area (Å²) >= 11 is 0. The number of benzene rings is 1. The zero-order valence-corrected chi connectivity index (χ0v) is 11.9. The molecule has 112 valence electrons. The van der Waals surface area contributed by atoms with Crippen LogP contribution in [-0.4, -0.2) is 24.2 Å². The van der Waals surface area contributed by atoms with Crippen LogP contribution in [0.4, 0.5) is 14.5 Å². The molecule has 5 heteroatoms. The van der Waals surface area contributed by atoms with Gasteiger partial charge in [-0.2, -0.15) is 0 Å². The molecule has 1 N–H and O–H groups in total. The van der Waals surface area contributed by atoms with E-state index in [2.05, 4.69) is 0 Å². The van der Waals surface area contributed by atoms with Gasteiger partial charge < -0.3 is 10.0 Å². The quantitative estimate of drug-likeness (QED) is 0.741. The van der Waals surface area contributed by atoms with Gasteiger partial charge in [-0.3, -0.25) is 4.79 Å². The standard InChI is InChI=1S/C15H21F2NO2/c1-3-4-5-8-18(10-11(2)15(19)20)14-9-12(16)6-7-13(14)17/h6-7,9,11H,3-5,8,10H2,1-2H3,(H,19,20). The van der Waals surface area contributed by atoms with Crippen molar-refractivity contribution in [1.29, 1.82) is 0 Å². The van der Waals surface area contributed by atoms with Gasteiger partial charge in [-0.05, 0) is 18.6 Å². The minimum absolute atomic E-state index is 0.134. The van der Waals surface area contributed by atoms with E-state index in [1.54, 1.807) is 11.8 Å². The van der Waals surface area contributed by atoms with Gasteiger partial charge in [0.15, 0.2) is 0 Å². The van der Waals surface area contributed by atoms with Crippen molar-refractivity contribution in [2.24, 2.45) is 5.92 Å². The van der Waals surface area contributed by atoms with Crippen molar-refractivity contribution in [3.05, 3.63) is 29.8 Å². The summed E-state index contributed by atoms with van der Waals surface area (Å²) in [6, 6.07) is 3.25. The number of anilines is 1. The van der Waals surface area contributed by atoms with E-state index in [-0.39, 0.29) is 12.2 Å². The molecule has 0 aliphatic heterocycles. The maximum absolute atomic E-state index is 13.8. The SMILES string of the molecule is CCCCCN(CC(C)C(=O)O)c1cc(F)ccc1F. The fourth-order valence-electron chi connectivity index (χ4n) is 2.00. The first kappa shape index (κ1) is 16.4. The summed E-state index contributed by atoms with van der Waals surface area (Å²) in [5, 5.41) is 8.98. The largest absolute Gasteiger partial charge is 0.481 e. The van der Waals surface area contributed by atoms with E-state index in [0.29, 0.717) is 6.54 Å². The van der Waals surface area contributed by atoms with Crippen LogP contribution in [0.15, 0.2) is 18.2 Å². The molecule has 0 radical (unpaired) electrons. The Balaban J connectivity index is 2.90. The van der Waals surface area contributed by atoms with Gasteiger partial charge in [0.2, 0.25) is 0 Å². The maximum Gasteiger partial charge on any atom is 0.308 e. The Bertz CT molecular complexity index is 451. The summed E-state index contributed by atoms with van der Waals surface area (Å²) in [5.41, 5.74) is 0.134. The van der Waals surface area contributed by atoms with Gasteiger partial charge in [0.25, 0.3) is 0 Å². The van der Waals surface area contributed by atoms with E-state index in [4.69, 9.17) is 5.11 Å². The average Bonchev–Trinajstić information content (AvgIpc) is 2.40. The third kappa shape index (κ3) is 4.79. The molecule has 0 aliphatic rings. The molecule has 1 aromatic carbocycles. The van der Waals surface area contributed by atoms with E-state index in [0.717, 1.165) is 37.5 Å². The fraction of sp³-hybridized carbons (Fsp3) is 0.533. The highest BCUT2D eigenvalue weighted by Gasteiger charge is 2.19. The van der Waals surface area contributed by atoms with Crippen molar-refractivity contribution in [3.8, 4) is 0 Å². The molecule has 1 rings (SSSR count). The molecule has 0 fully saturated rings. The third-order valence-electron chi connectivity index (χ3n) is 3.20. The first-order valence-electron chi connectivity index (χ1n) is 6.88. The fourth-order valence-corrected chi connectivity index (χ4v) is 2.00. The van der Waals surface area contributed by atoms with Gasteiger partial charge in [-0.1, -0.05) is 26.7 Å². The summed E-state index contributed by atoms with van der Waals surface area (Å²) in [6.07, 6.45) is 2.79. The molecule has 20 heavy (non-hydrogen) atoms. The molecule has 0 heterocycles.